The van der Waals surface area contributed by atoms with E-state index in [4.69, 9.17) is 0 Å². The molecule has 0 unspecified atom stereocenters. The van der Waals surface area contributed by atoms with E-state index in [1.54, 1.807) is 19.2 Å². The fourth-order valence-corrected chi connectivity index (χ4v) is 2.86. The molecule has 0 aliphatic rings. The summed E-state index contributed by atoms with van der Waals surface area (Å²) in [6.45, 7) is 0. The highest BCUT2D eigenvalue weighted by atomic mass is 19.4. The van der Waals surface area contributed by atoms with E-state index in [9.17, 15) is 26.3 Å². The van der Waals surface area contributed by atoms with E-state index in [0.717, 1.165) is 0 Å². The fourth-order valence-electron chi connectivity index (χ4n) is 2.86. The van der Waals surface area contributed by atoms with Crippen molar-refractivity contribution < 1.29 is 26.3 Å². The van der Waals surface area contributed by atoms with Crippen molar-refractivity contribution in [1.82, 2.24) is 15.4 Å². The molecular weight excluding hydrogens is 398 g/mol. The molecule has 4 nitrogen and oxygen atoms in total. The minimum atomic E-state index is -4.76. The number of alkyl halides is 6. The van der Waals surface area contributed by atoms with Crippen molar-refractivity contribution >= 4 is 6.21 Å². The molecule has 0 saturated carbocycles. The lowest BCUT2D eigenvalue weighted by Crippen LogP contribution is -2.13. The molecule has 0 aliphatic heterocycles. The molecule has 10 heteroatoms. The highest BCUT2D eigenvalue weighted by Gasteiger charge is 2.36. The average molecular weight is 412 g/mol. The van der Waals surface area contributed by atoms with E-state index in [1.165, 1.54) is 18.3 Å². The summed E-state index contributed by atoms with van der Waals surface area (Å²) in [5.74, 6) is 0. The van der Waals surface area contributed by atoms with Crippen molar-refractivity contribution in [1.29, 1.82) is 0 Å². The van der Waals surface area contributed by atoms with Crippen molar-refractivity contribution in [2.45, 2.75) is 18.8 Å². The molecule has 1 aromatic heterocycles. The quantitative estimate of drug-likeness (QED) is 0.476. The summed E-state index contributed by atoms with van der Waals surface area (Å²) in [7, 11) is 1.56. The Kier molecular flexibility index (Phi) is 5.45. The summed E-state index contributed by atoms with van der Waals surface area (Å²) in [5.41, 5.74) is -0.615. The number of aromatic amines is 1. The molecule has 0 saturated heterocycles. The second-order valence-corrected chi connectivity index (χ2v) is 6.19. The Morgan fingerprint density at radius 3 is 2.21 bits per heavy atom. The highest BCUT2D eigenvalue weighted by Crippen LogP contribution is 2.37. The number of benzene rings is 2. The van der Waals surface area contributed by atoms with Gasteiger partial charge >= 0.3 is 12.4 Å². The Morgan fingerprint density at radius 2 is 1.62 bits per heavy atom. The zero-order chi connectivity index (χ0) is 21.2. The maximum absolute atomic E-state index is 13.2. The van der Waals surface area contributed by atoms with Crippen LogP contribution in [0.5, 0.6) is 0 Å². The summed E-state index contributed by atoms with van der Waals surface area (Å²) in [5, 5.41) is 10.4. The molecular formula is C19H14F6N4. The van der Waals surface area contributed by atoms with E-state index < -0.39 is 29.0 Å². The van der Waals surface area contributed by atoms with Gasteiger partial charge in [-0.3, -0.25) is 4.99 Å². The lowest BCUT2D eigenvalue weighted by molar-refractivity contribution is -0.141. The molecule has 3 rings (SSSR count). The van der Waals surface area contributed by atoms with E-state index in [0.29, 0.717) is 40.7 Å². The third-order valence-electron chi connectivity index (χ3n) is 4.19. The van der Waals surface area contributed by atoms with Gasteiger partial charge in [-0.2, -0.15) is 41.8 Å². The van der Waals surface area contributed by atoms with E-state index in [2.05, 4.69) is 20.4 Å². The van der Waals surface area contributed by atoms with Gasteiger partial charge in [-0.05, 0) is 35.7 Å². The normalized spacial score (nSPS) is 12.7. The Labute approximate surface area is 161 Å². The van der Waals surface area contributed by atoms with Crippen molar-refractivity contribution in [3.05, 3.63) is 70.4 Å². The minimum Gasteiger partial charge on any atom is -0.294 e. The van der Waals surface area contributed by atoms with Crippen molar-refractivity contribution in [2.75, 3.05) is 7.05 Å². The number of rotatable bonds is 4. The van der Waals surface area contributed by atoms with Gasteiger partial charge in [0.05, 0.1) is 17.3 Å². The van der Waals surface area contributed by atoms with Gasteiger partial charge < -0.3 is 0 Å². The van der Waals surface area contributed by atoms with Crippen LogP contribution in [-0.2, 0) is 18.8 Å². The van der Waals surface area contributed by atoms with Crippen molar-refractivity contribution in [3.8, 4) is 11.3 Å². The van der Waals surface area contributed by atoms with Gasteiger partial charge in [0.25, 0.3) is 0 Å². The van der Waals surface area contributed by atoms with E-state index >= 15 is 0 Å². The molecule has 0 spiro atoms. The van der Waals surface area contributed by atoms with Gasteiger partial charge in [-0.1, -0.05) is 24.3 Å². The molecule has 1 heterocycles. The molecule has 0 radical (unpaired) electrons. The minimum absolute atomic E-state index is 0.304. The molecule has 3 aromatic rings. The Morgan fingerprint density at radius 1 is 0.931 bits per heavy atom. The number of aliphatic imine (C=N–C) groups is 1. The Bertz CT molecular complexity index is 1020. The number of nitrogens with one attached hydrogen (secondary N) is 1. The number of hydrogen-bond donors (Lipinski definition) is 1. The molecule has 0 atom stereocenters. The molecule has 0 bridgehead atoms. The summed E-state index contributed by atoms with van der Waals surface area (Å²) >= 11 is 0. The monoisotopic (exact) mass is 412 g/mol. The third kappa shape index (κ3) is 4.64. The van der Waals surface area contributed by atoms with E-state index in [1.807, 2.05) is 0 Å². The van der Waals surface area contributed by atoms with Crippen LogP contribution in [0, 0.1) is 0 Å². The second kappa shape index (κ2) is 7.69. The second-order valence-electron chi connectivity index (χ2n) is 6.19. The number of nitrogens with zero attached hydrogens (tertiary/aromatic N) is 3. The number of H-pyrrole nitrogens is 1. The smallest absolute Gasteiger partial charge is 0.294 e. The number of aromatic nitrogens is 3. The third-order valence-corrected chi connectivity index (χ3v) is 4.19. The van der Waals surface area contributed by atoms with Gasteiger partial charge in [0, 0.05) is 12.6 Å². The first kappa shape index (κ1) is 20.6. The molecule has 2 aromatic carbocycles. The summed E-state index contributed by atoms with van der Waals surface area (Å²) < 4.78 is 78.5. The first-order valence-corrected chi connectivity index (χ1v) is 8.29. The van der Waals surface area contributed by atoms with E-state index in [-0.39, 0.29) is 6.42 Å². The topological polar surface area (TPSA) is 53.9 Å². The van der Waals surface area contributed by atoms with Crippen LogP contribution in [0.25, 0.3) is 11.3 Å². The van der Waals surface area contributed by atoms with Crippen molar-refractivity contribution in [2.24, 2.45) is 4.99 Å². The van der Waals surface area contributed by atoms with Gasteiger partial charge in [-0.15, -0.1) is 0 Å². The molecule has 0 amide bonds. The average Bonchev–Trinajstić information content (AvgIpc) is 3.09. The summed E-state index contributed by atoms with van der Waals surface area (Å²) in [6.07, 6.45) is -8.30. The fraction of sp³-hybridized carbons (Fsp3) is 0.211. The highest BCUT2D eigenvalue weighted by molar-refractivity contribution is 5.86. The van der Waals surface area contributed by atoms with Crippen LogP contribution in [0.15, 0.2) is 47.5 Å². The SMILES string of the molecule is CN=Cc1n[nH]nc1-c1ccc(Cc2cc(C(F)(F)F)ccc2C(F)(F)F)cc1. The van der Waals surface area contributed by atoms with Crippen LogP contribution in [0.4, 0.5) is 26.3 Å². The van der Waals surface area contributed by atoms with Gasteiger partial charge in [0.15, 0.2) is 0 Å². The van der Waals surface area contributed by atoms with Crippen LogP contribution in [0.3, 0.4) is 0 Å². The predicted molar refractivity (Wildman–Crippen MR) is 94.6 cm³/mol. The lowest BCUT2D eigenvalue weighted by Gasteiger charge is -2.16. The van der Waals surface area contributed by atoms with Crippen LogP contribution in [-0.4, -0.2) is 28.7 Å². The maximum Gasteiger partial charge on any atom is 0.416 e. The predicted octanol–water partition coefficient (Wildman–Crippen LogP) is 5.15. The standard InChI is InChI=1S/C19H14F6N4/c1-26-10-16-17(28-29-27-16)12-4-2-11(3-5-12)8-13-9-14(18(20,21)22)6-7-15(13)19(23,24)25/h2-7,9-10H,8H2,1H3,(H,27,28,29). The first-order chi connectivity index (χ1) is 13.6. The number of hydrogen-bond acceptors (Lipinski definition) is 3. The van der Waals surface area contributed by atoms with Crippen LogP contribution in [0.1, 0.15) is 27.9 Å². The summed E-state index contributed by atoms with van der Waals surface area (Å²) in [4.78, 5) is 3.85. The molecule has 1 N–H and O–H groups in total. The van der Waals surface area contributed by atoms with Gasteiger partial charge in [-0.25, -0.2) is 0 Å². The zero-order valence-corrected chi connectivity index (χ0v) is 14.9. The molecule has 0 fully saturated rings. The molecule has 29 heavy (non-hydrogen) atoms. The Balaban J connectivity index is 1.94. The molecule has 0 aliphatic carbocycles. The van der Waals surface area contributed by atoms with Gasteiger partial charge in [0.1, 0.15) is 11.4 Å². The Hall–Kier alpha value is -3.17. The van der Waals surface area contributed by atoms with Crippen LogP contribution in [0.2, 0.25) is 0 Å². The maximum atomic E-state index is 13.2. The lowest BCUT2D eigenvalue weighted by atomic mass is 9.96. The first-order valence-electron chi connectivity index (χ1n) is 8.29. The largest absolute Gasteiger partial charge is 0.416 e. The zero-order valence-electron chi connectivity index (χ0n) is 14.9. The van der Waals surface area contributed by atoms with Crippen LogP contribution >= 0.6 is 0 Å². The number of halogens is 6. The van der Waals surface area contributed by atoms with Crippen LogP contribution < -0.4 is 0 Å². The van der Waals surface area contributed by atoms with Gasteiger partial charge in [0.2, 0.25) is 0 Å². The van der Waals surface area contributed by atoms with Crippen molar-refractivity contribution in [3.63, 3.8) is 0 Å². The summed E-state index contributed by atoms with van der Waals surface area (Å²) in [6, 6.07) is 7.76. The molecule has 152 valence electrons.